The zero-order valence-corrected chi connectivity index (χ0v) is 11.7. The van der Waals surface area contributed by atoms with Gasteiger partial charge in [0.05, 0.1) is 19.3 Å². The number of aryl methyl sites for hydroxylation is 2. The first-order valence-electron chi connectivity index (χ1n) is 6.22. The minimum atomic E-state index is -0.981. The lowest BCUT2D eigenvalue weighted by molar-refractivity contribution is 0.0695. The summed E-state index contributed by atoms with van der Waals surface area (Å²) in [6, 6.07) is 7.34. The van der Waals surface area contributed by atoms with Gasteiger partial charge in [0.1, 0.15) is 22.8 Å². The second-order valence-electron chi connectivity index (χ2n) is 4.55. The minimum absolute atomic E-state index is 0.193. The van der Waals surface area contributed by atoms with Crippen molar-refractivity contribution < 1.29 is 19.1 Å². The van der Waals surface area contributed by atoms with E-state index < -0.39 is 5.97 Å². The van der Waals surface area contributed by atoms with Gasteiger partial charge in [-0.1, -0.05) is 6.07 Å². The summed E-state index contributed by atoms with van der Waals surface area (Å²) in [5.74, 6) is 0.733. The largest absolute Gasteiger partial charge is 0.495 e. The lowest BCUT2D eigenvalue weighted by Crippen LogP contribution is -2.01. The average Bonchev–Trinajstić information content (AvgIpc) is 2.78. The molecule has 0 bridgehead atoms. The van der Waals surface area contributed by atoms with Crippen molar-refractivity contribution in [2.75, 3.05) is 12.4 Å². The van der Waals surface area contributed by atoms with Crippen molar-refractivity contribution in [3.8, 4) is 5.75 Å². The van der Waals surface area contributed by atoms with Gasteiger partial charge in [0.25, 0.3) is 0 Å². The first-order valence-corrected chi connectivity index (χ1v) is 6.22. The molecule has 0 radical (unpaired) electrons. The highest BCUT2D eigenvalue weighted by molar-refractivity contribution is 5.88. The summed E-state index contributed by atoms with van der Waals surface area (Å²) in [6.45, 7) is 4.03. The van der Waals surface area contributed by atoms with Crippen LogP contribution in [0.4, 0.5) is 5.69 Å². The van der Waals surface area contributed by atoms with Gasteiger partial charge in [-0.3, -0.25) is 0 Å². The molecule has 106 valence electrons. The van der Waals surface area contributed by atoms with Crippen molar-refractivity contribution >= 4 is 11.7 Å². The van der Waals surface area contributed by atoms with Crippen LogP contribution in [-0.2, 0) is 6.54 Å². The third-order valence-electron chi connectivity index (χ3n) is 3.01. The number of aromatic carboxylic acids is 1. The number of ether oxygens (including phenoxy) is 1. The normalized spacial score (nSPS) is 10.3. The number of furan rings is 1. The molecule has 0 spiro atoms. The third kappa shape index (κ3) is 2.93. The van der Waals surface area contributed by atoms with E-state index in [2.05, 4.69) is 5.32 Å². The highest BCUT2D eigenvalue weighted by Crippen LogP contribution is 2.26. The minimum Gasteiger partial charge on any atom is -0.495 e. The molecule has 5 heteroatoms. The molecule has 0 fully saturated rings. The van der Waals surface area contributed by atoms with E-state index in [0.717, 1.165) is 17.0 Å². The van der Waals surface area contributed by atoms with E-state index in [-0.39, 0.29) is 5.56 Å². The van der Waals surface area contributed by atoms with Crippen molar-refractivity contribution in [3.63, 3.8) is 0 Å². The van der Waals surface area contributed by atoms with Crippen LogP contribution in [0.1, 0.15) is 27.4 Å². The second-order valence-corrected chi connectivity index (χ2v) is 4.55. The Labute approximate surface area is 117 Å². The second kappa shape index (κ2) is 5.69. The van der Waals surface area contributed by atoms with Crippen LogP contribution >= 0.6 is 0 Å². The van der Waals surface area contributed by atoms with Gasteiger partial charge in [-0.25, -0.2) is 4.79 Å². The van der Waals surface area contributed by atoms with Crippen LogP contribution < -0.4 is 10.1 Å². The maximum absolute atomic E-state index is 11.0. The number of rotatable bonds is 5. The summed E-state index contributed by atoms with van der Waals surface area (Å²) in [7, 11) is 1.61. The lowest BCUT2D eigenvalue weighted by Gasteiger charge is -2.10. The van der Waals surface area contributed by atoms with Crippen LogP contribution in [0.2, 0.25) is 0 Å². The molecule has 0 aliphatic rings. The Kier molecular flexibility index (Phi) is 3.98. The van der Waals surface area contributed by atoms with Crippen LogP contribution in [0.3, 0.4) is 0 Å². The molecule has 1 aromatic carbocycles. The Morgan fingerprint density at radius 3 is 2.70 bits per heavy atom. The molecule has 0 atom stereocenters. The zero-order valence-electron chi connectivity index (χ0n) is 11.7. The number of carboxylic acids is 1. The summed E-state index contributed by atoms with van der Waals surface area (Å²) in [4.78, 5) is 11.0. The van der Waals surface area contributed by atoms with Crippen LogP contribution in [0, 0.1) is 13.8 Å². The van der Waals surface area contributed by atoms with E-state index in [4.69, 9.17) is 14.3 Å². The monoisotopic (exact) mass is 275 g/mol. The predicted octanol–water partition coefficient (Wildman–Crippen LogP) is 3.22. The van der Waals surface area contributed by atoms with Gasteiger partial charge in [0.15, 0.2) is 0 Å². The summed E-state index contributed by atoms with van der Waals surface area (Å²) in [6.07, 6.45) is 0. The Balaban J connectivity index is 2.14. The molecule has 2 rings (SSSR count). The van der Waals surface area contributed by atoms with Crippen LogP contribution in [0.5, 0.6) is 5.75 Å². The first kappa shape index (κ1) is 14.0. The average molecular weight is 275 g/mol. The fraction of sp³-hybridized carbons (Fsp3) is 0.267. The summed E-state index contributed by atoms with van der Waals surface area (Å²) < 4.78 is 10.7. The van der Waals surface area contributed by atoms with Crippen molar-refractivity contribution in [1.82, 2.24) is 0 Å². The quantitative estimate of drug-likeness (QED) is 0.876. The molecule has 2 N–H and O–H groups in total. The molecule has 1 heterocycles. The Bertz CT molecular complexity index is 631. The Morgan fingerprint density at radius 1 is 1.35 bits per heavy atom. The summed E-state index contributed by atoms with van der Waals surface area (Å²) in [5.41, 5.74) is 2.14. The van der Waals surface area contributed by atoms with E-state index in [1.54, 1.807) is 14.0 Å². The van der Waals surface area contributed by atoms with Crippen molar-refractivity contribution in [3.05, 3.63) is 46.9 Å². The number of hydrogen-bond acceptors (Lipinski definition) is 4. The molecule has 0 unspecified atom stereocenters. The fourth-order valence-corrected chi connectivity index (χ4v) is 1.99. The molecular formula is C15H17NO4. The number of nitrogens with one attached hydrogen (secondary N) is 1. The van der Waals surface area contributed by atoms with Gasteiger partial charge in [-0.05, 0) is 37.6 Å². The van der Waals surface area contributed by atoms with E-state index in [9.17, 15) is 4.79 Å². The number of anilines is 1. The number of carbonyl (C=O) groups is 1. The zero-order chi connectivity index (χ0) is 14.7. The molecule has 0 saturated carbocycles. The molecule has 0 saturated heterocycles. The van der Waals surface area contributed by atoms with E-state index in [1.807, 2.05) is 25.1 Å². The van der Waals surface area contributed by atoms with Gasteiger partial charge < -0.3 is 19.6 Å². The SMILES string of the molecule is COc1ccc(C)cc1NCc1cc(C(=O)O)c(C)o1. The van der Waals surface area contributed by atoms with Crippen LogP contribution in [-0.4, -0.2) is 18.2 Å². The third-order valence-corrected chi connectivity index (χ3v) is 3.01. The summed E-state index contributed by atoms with van der Waals surface area (Å²) >= 11 is 0. The van der Waals surface area contributed by atoms with Gasteiger partial charge in [0.2, 0.25) is 0 Å². The Hall–Kier alpha value is -2.43. The topological polar surface area (TPSA) is 71.7 Å². The maximum Gasteiger partial charge on any atom is 0.339 e. The van der Waals surface area contributed by atoms with Crippen LogP contribution in [0.25, 0.3) is 0 Å². The van der Waals surface area contributed by atoms with Crippen molar-refractivity contribution in [2.24, 2.45) is 0 Å². The molecule has 0 amide bonds. The van der Waals surface area contributed by atoms with E-state index >= 15 is 0 Å². The molecule has 5 nitrogen and oxygen atoms in total. The highest BCUT2D eigenvalue weighted by Gasteiger charge is 2.13. The lowest BCUT2D eigenvalue weighted by atomic mass is 10.2. The maximum atomic E-state index is 11.0. The summed E-state index contributed by atoms with van der Waals surface area (Å²) in [5, 5.41) is 12.2. The standard InChI is InChI=1S/C15H17NO4/c1-9-4-5-14(19-3)13(6-9)16-8-11-7-12(15(17)18)10(2)20-11/h4-7,16H,8H2,1-3H3,(H,17,18). The first-order chi connectivity index (χ1) is 9.51. The molecule has 0 aliphatic heterocycles. The number of benzene rings is 1. The van der Waals surface area contributed by atoms with Crippen molar-refractivity contribution in [2.45, 2.75) is 20.4 Å². The molecule has 20 heavy (non-hydrogen) atoms. The molecular weight excluding hydrogens is 258 g/mol. The number of carboxylic acid groups (broad SMARTS) is 1. The number of methoxy groups -OCH3 is 1. The highest BCUT2D eigenvalue weighted by atomic mass is 16.5. The van der Waals surface area contributed by atoms with Crippen molar-refractivity contribution in [1.29, 1.82) is 0 Å². The van der Waals surface area contributed by atoms with Gasteiger partial charge in [-0.15, -0.1) is 0 Å². The van der Waals surface area contributed by atoms with Crippen LogP contribution in [0.15, 0.2) is 28.7 Å². The smallest absolute Gasteiger partial charge is 0.339 e. The van der Waals surface area contributed by atoms with Gasteiger partial charge in [-0.2, -0.15) is 0 Å². The Morgan fingerprint density at radius 2 is 2.10 bits per heavy atom. The number of hydrogen-bond donors (Lipinski definition) is 2. The van der Waals surface area contributed by atoms with E-state index in [0.29, 0.717) is 18.1 Å². The molecule has 0 aliphatic carbocycles. The van der Waals surface area contributed by atoms with Gasteiger partial charge >= 0.3 is 5.97 Å². The molecule has 1 aromatic heterocycles. The fourth-order valence-electron chi connectivity index (χ4n) is 1.99. The van der Waals surface area contributed by atoms with Gasteiger partial charge in [0, 0.05) is 0 Å². The van der Waals surface area contributed by atoms with E-state index in [1.165, 1.54) is 6.07 Å². The predicted molar refractivity (Wildman–Crippen MR) is 75.5 cm³/mol. The molecule has 2 aromatic rings.